The first-order valence-corrected chi connectivity index (χ1v) is 9.42. The number of alkyl halides is 5. The quantitative estimate of drug-likeness (QED) is 0.420. The lowest BCUT2D eigenvalue weighted by atomic mass is 10.1. The van der Waals surface area contributed by atoms with Crippen molar-refractivity contribution in [3.05, 3.63) is 53.6 Å². The molecule has 0 aliphatic carbocycles. The first-order valence-electron chi connectivity index (χ1n) is 9.42. The molecule has 0 radical (unpaired) electrons. The lowest BCUT2D eigenvalue weighted by molar-refractivity contribution is -0.137. The van der Waals surface area contributed by atoms with Crippen LogP contribution in [0.25, 0.3) is 0 Å². The summed E-state index contributed by atoms with van der Waals surface area (Å²) in [6, 6.07) is 5.26. The molecule has 1 aliphatic heterocycles. The first-order chi connectivity index (χ1) is 14.3. The standard InChI is InChI=1S/C19H23F5N6/c1-25-18(27-10-16-26-7-9-30(16)17(20)21)28-15-6-8-29(12-15)11-13-2-4-14(5-3-13)19(22,23)24/h2-5,7,9,15,17H,6,8,10-12H2,1H3,(H2,25,27,28). The number of aromatic nitrogens is 2. The van der Waals surface area contributed by atoms with Crippen LogP contribution in [-0.4, -0.2) is 46.6 Å². The van der Waals surface area contributed by atoms with E-state index < -0.39 is 18.3 Å². The van der Waals surface area contributed by atoms with Gasteiger partial charge in [0.1, 0.15) is 5.82 Å². The molecule has 6 nitrogen and oxygen atoms in total. The van der Waals surface area contributed by atoms with Crippen LogP contribution in [0.2, 0.25) is 0 Å². The summed E-state index contributed by atoms with van der Waals surface area (Å²) in [5.74, 6) is 0.670. The molecule has 0 bridgehead atoms. The minimum absolute atomic E-state index is 0.0838. The first kappa shape index (κ1) is 22.0. The third-order valence-electron chi connectivity index (χ3n) is 4.90. The Balaban J connectivity index is 1.48. The lowest BCUT2D eigenvalue weighted by Gasteiger charge is -2.19. The summed E-state index contributed by atoms with van der Waals surface area (Å²) >= 11 is 0. The second-order valence-corrected chi connectivity index (χ2v) is 7.01. The predicted octanol–water partition coefficient (Wildman–Crippen LogP) is 3.24. The second-order valence-electron chi connectivity index (χ2n) is 7.01. The van der Waals surface area contributed by atoms with Crippen LogP contribution in [0.5, 0.6) is 0 Å². The number of aliphatic imine (C=N–C) groups is 1. The van der Waals surface area contributed by atoms with Crippen LogP contribution in [-0.2, 0) is 19.3 Å². The number of imidazole rings is 1. The Morgan fingerprint density at radius 2 is 2.00 bits per heavy atom. The molecule has 1 unspecified atom stereocenters. The fraction of sp³-hybridized carbons (Fsp3) is 0.474. The molecular weight excluding hydrogens is 407 g/mol. The van der Waals surface area contributed by atoms with Gasteiger partial charge in [-0.25, -0.2) is 4.98 Å². The third-order valence-corrected chi connectivity index (χ3v) is 4.90. The molecule has 3 rings (SSSR count). The van der Waals surface area contributed by atoms with E-state index in [9.17, 15) is 22.0 Å². The van der Waals surface area contributed by atoms with Gasteiger partial charge in [-0.1, -0.05) is 12.1 Å². The van der Waals surface area contributed by atoms with E-state index >= 15 is 0 Å². The van der Waals surface area contributed by atoms with Gasteiger partial charge < -0.3 is 10.6 Å². The van der Waals surface area contributed by atoms with Crippen LogP contribution >= 0.6 is 0 Å². The van der Waals surface area contributed by atoms with Crippen molar-refractivity contribution in [3.8, 4) is 0 Å². The van der Waals surface area contributed by atoms with E-state index in [4.69, 9.17) is 0 Å². The normalized spacial score (nSPS) is 18.2. The Morgan fingerprint density at radius 3 is 2.63 bits per heavy atom. The van der Waals surface area contributed by atoms with Gasteiger partial charge in [-0.2, -0.15) is 22.0 Å². The molecule has 11 heteroatoms. The van der Waals surface area contributed by atoms with E-state index in [-0.39, 0.29) is 18.4 Å². The number of benzene rings is 1. The van der Waals surface area contributed by atoms with Crippen LogP contribution in [0.1, 0.15) is 29.9 Å². The van der Waals surface area contributed by atoms with Crippen LogP contribution in [0, 0.1) is 0 Å². The molecule has 0 saturated carbocycles. The Hall–Kier alpha value is -2.69. The Labute approximate surface area is 170 Å². The van der Waals surface area contributed by atoms with Gasteiger partial charge in [0, 0.05) is 45.1 Å². The number of likely N-dealkylation sites (tertiary alicyclic amines) is 1. The number of nitrogens with one attached hydrogen (secondary N) is 2. The molecule has 2 N–H and O–H groups in total. The van der Waals surface area contributed by atoms with Gasteiger partial charge in [0.05, 0.1) is 12.1 Å². The van der Waals surface area contributed by atoms with Gasteiger partial charge in [0.2, 0.25) is 0 Å². The maximum Gasteiger partial charge on any atom is 0.416 e. The number of rotatable bonds is 6. The van der Waals surface area contributed by atoms with Crippen molar-refractivity contribution in [1.29, 1.82) is 0 Å². The number of hydrogen-bond acceptors (Lipinski definition) is 3. The zero-order valence-corrected chi connectivity index (χ0v) is 16.3. The summed E-state index contributed by atoms with van der Waals surface area (Å²) in [6.45, 7) is -0.542. The molecule has 1 saturated heterocycles. The third kappa shape index (κ3) is 5.68. The van der Waals surface area contributed by atoms with E-state index in [1.807, 2.05) is 0 Å². The smallest absolute Gasteiger partial charge is 0.352 e. The van der Waals surface area contributed by atoms with E-state index in [1.54, 1.807) is 7.05 Å². The van der Waals surface area contributed by atoms with Gasteiger partial charge in [-0.15, -0.1) is 0 Å². The molecule has 0 spiro atoms. The topological polar surface area (TPSA) is 57.5 Å². The highest BCUT2D eigenvalue weighted by Crippen LogP contribution is 2.29. The maximum atomic E-state index is 12.9. The SMILES string of the molecule is CN=C(NCc1nccn1C(F)F)NC1CCN(Cc2ccc(C(F)(F)F)cc2)C1. The zero-order valence-electron chi connectivity index (χ0n) is 16.3. The number of nitrogens with zero attached hydrogens (tertiary/aromatic N) is 4. The van der Waals surface area contributed by atoms with Gasteiger partial charge in [0.25, 0.3) is 0 Å². The molecule has 164 valence electrons. The van der Waals surface area contributed by atoms with Crippen molar-refractivity contribution in [1.82, 2.24) is 25.1 Å². The molecule has 1 fully saturated rings. The molecule has 30 heavy (non-hydrogen) atoms. The van der Waals surface area contributed by atoms with E-state index in [0.717, 1.165) is 35.2 Å². The van der Waals surface area contributed by atoms with Crippen LogP contribution < -0.4 is 10.6 Å². The number of guanidine groups is 1. The number of hydrogen-bond donors (Lipinski definition) is 2. The molecule has 1 atom stereocenters. The van der Waals surface area contributed by atoms with E-state index in [2.05, 4.69) is 25.5 Å². The molecule has 2 heterocycles. The minimum atomic E-state index is -4.34. The summed E-state index contributed by atoms with van der Waals surface area (Å²) in [4.78, 5) is 10.2. The molecule has 1 aromatic heterocycles. The van der Waals surface area contributed by atoms with Crippen molar-refractivity contribution >= 4 is 5.96 Å². The zero-order chi connectivity index (χ0) is 21.7. The average Bonchev–Trinajstić information content (AvgIpc) is 3.34. The minimum Gasteiger partial charge on any atom is -0.352 e. The monoisotopic (exact) mass is 430 g/mol. The Bertz CT molecular complexity index is 846. The highest BCUT2D eigenvalue weighted by molar-refractivity contribution is 5.79. The summed E-state index contributed by atoms with van der Waals surface area (Å²) in [6.07, 6.45) is -0.979. The second kappa shape index (κ2) is 9.41. The van der Waals surface area contributed by atoms with Crippen LogP contribution in [0.15, 0.2) is 41.7 Å². The largest absolute Gasteiger partial charge is 0.416 e. The van der Waals surface area contributed by atoms with Gasteiger partial charge in [-0.3, -0.25) is 14.5 Å². The van der Waals surface area contributed by atoms with Gasteiger partial charge in [-0.05, 0) is 24.1 Å². The molecular formula is C19H23F5N6. The van der Waals surface area contributed by atoms with Gasteiger partial charge in [0.15, 0.2) is 5.96 Å². The highest BCUT2D eigenvalue weighted by atomic mass is 19.4. The fourth-order valence-electron chi connectivity index (χ4n) is 3.36. The van der Waals surface area contributed by atoms with Gasteiger partial charge >= 0.3 is 12.7 Å². The van der Waals surface area contributed by atoms with Crippen LogP contribution in [0.3, 0.4) is 0 Å². The summed E-state index contributed by atoms with van der Waals surface area (Å²) in [5.41, 5.74) is 0.152. The van der Waals surface area contributed by atoms with Crippen molar-refractivity contribution < 1.29 is 22.0 Å². The summed E-state index contributed by atoms with van der Waals surface area (Å²) < 4.78 is 64.6. The predicted molar refractivity (Wildman–Crippen MR) is 102 cm³/mol. The average molecular weight is 430 g/mol. The molecule has 1 aromatic carbocycles. The van der Waals surface area contributed by atoms with Crippen LogP contribution in [0.4, 0.5) is 22.0 Å². The summed E-state index contributed by atoms with van der Waals surface area (Å²) in [5, 5.41) is 6.22. The van der Waals surface area contributed by atoms with Crippen molar-refractivity contribution in [2.75, 3.05) is 20.1 Å². The highest BCUT2D eigenvalue weighted by Gasteiger charge is 2.30. The summed E-state index contributed by atoms with van der Waals surface area (Å²) in [7, 11) is 1.59. The number of halogens is 5. The van der Waals surface area contributed by atoms with Crippen molar-refractivity contribution in [2.45, 2.75) is 38.3 Å². The molecule has 1 aliphatic rings. The van der Waals surface area contributed by atoms with Crippen molar-refractivity contribution in [2.24, 2.45) is 4.99 Å². The Kier molecular flexibility index (Phi) is 6.91. The van der Waals surface area contributed by atoms with E-state index in [0.29, 0.717) is 19.0 Å². The fourth-order valence-corrected chi connectivity index (χ4v) is 3.36. The molecule has 2 aromatic rings. The van der Waals surface area contributed by atoms with Crippen molar-refractivity contribution in [3.63, 3.8) is 0 Å². The maximum absolute atomic E-state index is 12.9. The molecule has 0 amide bonds. The Morgan fingerprint density at radius 1 is 1.27 bits per heavy atom. The lowest BCUT2D eigenvalue weighted by Crippen LogP contribution is -2.44. The van der Waals surface area contributed by atoms with E-state index in [1.165, 1.54) is 24.5 Å².